The molecule has 0 atom stereocenters. The zero-order valence-corrected chi connectivity index (χ0v) is 13.0. The first kappa shape index (κ1) is 15.9. The smallest absolute Gasteiger partial charge is 0.322 e. The normalized spacial score (nSPS) is 10.4. The van der Waals surface area contributed by atoms with Gasteiger partial charge < -0.3 is 9.15 Å². The van der Waals surface area contributed by atoms with E-state index in [4.69, 9.17) is 20.8 Å². The second kappa shape index (κ2) is 7.10. The van der Waals surface area contributed by atoms with Crippen LogP contribution in [0.4, 0.5) is 10.4 Å². The average Bonchev–Trinajstić information content (AvgIpc) is 3.03. The summed E-state index contributed by atoms with van der Waals surface area (Å²) in [5, 5.41) is 10.4. The van der Waals surface area contributed by atoms with Crippen LogP contribution >= 0.6 is 11.6 Å². The van der Waals surface area contributed by atoms with E-state index in [1.165, 1.54) is 18.2 Å². The minimum atomic E-state index is -0.473. The molecule has 0 saturated heterocycles. The van der Waals surface area contributed by atoms with Gasteiger partial charge in [-0.1, -0.05) is 22.8 Å². The topological polar surface area (TPSA) is 77.2 Å². The lowest BCUT2D eigenvalue weighted by Crippen LogP contribution is -2.20. The summed E-state index contributed by atoms with van der Waals surface area (Å²) < 4.78 is 23.7. The highest BCUT2D eigenvalue weighted by atomic mass is 35.5. The number of rotatable bonds is 5. The van der Waals surface area contributed by atoms with Gasteiger partial charge in [-0.25, -0.2) is 4.39 Å². The molecular formula is C16H11ClFN3O3. The fourth-order valence-corrected chi connectivity index (χ4v) is 1.97. The average molecular weight is 348 g/mol. The molecule has 2 aromatic carbocycles. The monoisotopic (exact) mass is 347 g/mol. The largest absolute Gasteiger partial charge is 0.484 e. The van der Waals surface area contributed by atoms with Crippen molar-refractivity contribution in [2.75, 3.05) is 11.9 Å². The van der Waals surface area contributed by atoms with E-state index < -0.39 is 11.7 Å². The molecule has 0 radical (unpaired) electrons. The fraction of sp³-hybridized carbons (Fsp3) is 0.0625. The number of hydrogen-bond acceptors (Lipinski definition) is 5. The Labute approximate surface area is 141 Å². The van der Waals surface area contributed by atoms with Crippen molar-refractivity contribution in [1.29, 1.82) is 0 Å². The Bertz CT molecular complexity index is 852. The summed E-state index contributed by atoms with van der Waals surface area (Å²) in [6.07, 6.45) is 0. The van der Waals surface area contributed by atoms with Gasteiger partial charge in [0.25, 0.3) is 5.91 Å². The Balaban J connectivity index is 1.58. The van der Waals surface area contributed by atoms with Gasteiger partial charge in [0.15, 0.2) is 6.61 Å². The summed E-state index contributed by atoms with van der Waals surface area (Å²) in [5.41, 5.74) is 0.417. The highest BCUT2D eigenvalue weighted by molar-refractivity contribution is 6.30. The predicted molar refractivity (Wildman–Crippen MR) is 85.3 cm³/mol. The number of carbonyl (C=O) groups excluding carboxylic acids is 1. The molecule has 0 aliphatic heterocycles. The molecule has 1 amide bonds. The van der Waals surface area contributed by atoms with Crippen LogP contribution in [0.1, 0.15) is 0 Å². The summed E-state index contributed by atoms with van der Waals surface area (Å²) in [7, 11) is 0. The molecule has 3 aromatic rings. The standard InChI is InChI=1S/C16H11ClFN3O3/c17-11-4-6-13(7-5-11)23-9-14(22)19-16-21-20-15(24-16)10-2-1-3-12(18)8-10/h1-8H,9H2,(H,19,21,22). The molecule has 1 N–H and O–H groups in total. The molecule has 0 aliphatic carbocycles. The molecule has 6 nitrogen and oxygen atoms in total. The Hall–Kier alpha value is -2.93. The molecule has 0 saturated carbocycles. The van der Waals surface area contributed by atoms with Crippen LogP contribution in [-0.2, 0) is 4.79 Å². The number of benzene rings is 2. The van der Waals surface area contributed by atoms with Crippen molar-refractivity contribution in [3.8, 4) is 17.2 Å². The number of hydrogen-bond donors (Lipinski definition) is 1. The lowest BCUT2D eigenvalue weighted by atomic mass is 10.2. The van der Waals surface area contributed by atoms with Crippen LogP contribution in [0, 0.1) is 5.82 Å². The molecule has 0 bridgehead atoms. The molecular weight excluding hydrogens is 337 g/mol. The Morgan fingerprint density at radius 3 is 2.75 bits per heavy atom. The Morgan fingerprint density at radius 1 is 1.21 bits per heavy atom. The molecule has 8 heteroatoms. The van der Waals surface area contributed by atoms with Gasteiger partial charge in [0, 0.05) is 10.6 Å². The van der Waals surface area contributed by atoms with Crippen LogP contribution in [-0.4, -0.2) is 22.7 Å². The van der Waals surface area contributed by atoms with E-state index in [0.29, 0.717) is 16.3 Å². The number of ether oxygens (including phenoxy) is 1. The molecule has 1 heterocycles. The molecule has 0 unspecified atom stereocenters. The number of nitrogens with zero attached hydrogens (tertiary/aromatic N) is 2. The van der Waals surface area contributed by atoms with Crippen molar-refractivity contribution in [2.24, 2.45) is 0 Å². The van der Waals surface area contributed by atoms with E-state index in [-0.39, 0.29) is 18.5 Å². The van der Waals surface area contributed by atoms with Crippen LogP contribution in [0.15, 0.2) is 52.9 Å². The number of carbonyl (C=O) groups is 1. The Kier molecular flexibility index (Phi) is 4.72. The van der Waals surface area contributed by atoms with Crippen LogP contribution in [0.3, 0.4) is 0 Å². The molecule has 24 heavy (non-hydrogen) atoms. The highest BCUT2D eigenvalue weighted by Gasteiger charge is 2.12. The minimum absolute atomic E-state index is 0.0982. The molecule has 0 fully saturated rings. The van der Waals surface area contributed by atoms with E-state index in [0.717, 1.165) is 0 Å². The first-order valence-corrected chi connectivity index (χ1v) is 7.25. The third-order valence-corrected chi connectivity index (χ3v) is 3.18. The molecule has 3 rings (SSSR count). The van der Waals surface area contributed by atoms with Gasteiger partial charge in [-0.3, -0.25) is 10.1 Å². The van der Waals surface area contributed by atoms with Crippen molar-refractivity contribution < 1.29 is 18.3 Å². The number of anilines is 1. The van der Waals surface area contributed by atoms with Crippen molar-refractivity contribution >= 4 is 23.5 Å². The zero-order chi connectivity index (χ0) is 16.9. The summed E-state index contributed by atoms with van der Waals surface area (Å²) in [6.45, 7) is -0.237. The third kappa shape index (κ3) is 4.08. The second-order valence-corrected chi connectivity index (χ2v) is 5.15. The lowest BCUT2D eigenvalue weighted by Gasteiger charge is -2.05. The van der Waals surface area contributed by atoms with Gasteiger partial charge in [-0.2, -0.15) is 0 Å². The van der Waals surface area contributed by atoms with Crippen molar-refractivity contribution in [2.45, 2.75) is 0 Å². The van der Waals surface area contributed by atoms with E-state index in [1.807, 2.05) is 0 Å². The summed E-state index contributed by atoms with van der Waals surface area (Å²) in [6, 6.07) is 12.2. The second-order valence-electron chi connectivity index (χ2n) is 4.71. The number of amides is 1. The van der Waals surface area contributed by atoms with Gasteiger partial charge in [-0.05, 0) is 42.5 Å². The van der Waals surface area contributed by atoms with Gasteiger partial charge in [-0.15, -0.1) is 5.10 Å². The SMILES string of the molecule is O=C(COc1ccc(Cl)cc1)Nc1nnc(-c2cccc(F)c2)o1. The van der Waals surface area contributed by atoms with Crippen molar-refractivity contribution in [1.82, 2.24) is 10.2 Å². The van der Waals surface area contributed by atoms with E-state index in [1.54, 1.807) is 30.3 Å². The van der Waals surface area contributed by atoms with Crippen LogP contribution in [0.2, 0.25) is 5.02 Å². The fourth-order valence-electron chi connectivity index (χ4n) is 1.85. The van der Waals surface area contributed by atoms with Crippen LogP contribution in [0.5, 0.6) is 5.75 Å². The zero-order valence-electron chi connectivity index (χ0n) is 12.2. The number of nitrogens with one attached hydrogen (secondary N) is 1. The maximum atomic E-state index is 13.2. The third-order valence-electron chi connectivity index (χ3n) is 2.93. The molecule has 122 valence electrons. The van der Waals surface area contributed by atoms with Crippen LogP contribution < -0.4 is 10.1 Å². The maximum Gasteiger partial charge on any atom is 0.322 e. The first-order valence-electron chi connectivity index (χ1n) is 6.88. The molecule has 0 spiro atoms. The van der Waals surface area contributed by atoms with Gasteiger partial charge in [0.2, 0.25) is 5.89 Å². The van der Waals surface area contributed by atoms with Gasteiger partial charge >= 0.3 is 6.01 Å². The first-order chi connectivity index (χ1) is 11.6. The molecule has 0 aliphatic rings. The summed E-state index contributed by atoms with van der Waals surface area (Å²) in [5.74, 6) is -0.295. The predicted octanol–water partition coefficient (Wildman–Crippen LogP) is 3.55. The van der Waals surface area contributed by atoms with E-state index >= 15 is 0 Å². The lowest BCUT2D eigenvalue weighted by molar-refractivity contribution is -0.118. The molecule has 1 aromatic heterocycles. The van der Waals surface area contributed by atoms with Crippen LogP contribution in [0.25, 0.3) is 11.5 Å². The minimum Gasteiger partial charge on any atom is -0.484 e. The van der Waals surface area contributed by atoms with Gasteiger partial charge in [0.05, 0.1) is 0 Å². The number of halogens is 2. The van der Waals surface area contributed by atoms with Crippen molar-refractivity contribution in [3.05, 3.63) is 59.4 Å². The summed E-state index contributed by atoms with van der Waals surface area (Å²) in [4.78, 5) is 11.8. The van der Waals surface area contributed by atoms with Gasteiger partial charge in [0.1, 0.15) is 11.6 Å². The summed E-state index contributed by atoms with van der Waals surface area (Å²) >= 11 is 5.76. The highest BCUT2D eigenvalue weighted by Crippen LogP contribution is 2.20. The maximum absolute atomic E-state index is 13.2. The quantitative estimate of drug-likeness (QED) is 0.763. The van der Waals surface area contributed by atoms with Crippen molar-refractivity contribution in [3.63, 3.8) is 0 Å². The Morgan fingerprint density at radius 2 is 2.00 bits per heavy atom. The number of aromatic nitrogens is 2. The van der Waals surface area contributed by atoms with E-state index in [2.05, 4.69) is 15.5 Å². The van der Waals surface area contributed by atoms with E-state index in [9.17, 15) is 9.18 Å².